The molecule has 0 unspecified atom stereocenters. The molecule has 2 aromatic carbocycles. The van der Waals surface area contributed by atoms with Gasteiger partial charge in [-0.3, -0.25) is 4.98 Å². The Hall–Kier alpha value is -2.50. The number of fused-ring (bicyclic) bond motifs is 2. The first-order valence-electron chi connectivity index (χ1n) is 10.0. The largest absolute Gasteiger partial charge is 0.256 e. The molecular weight excluding hydrogens is 370 g/mol. The first kappa shape index (κ1) is 17.6. The predicted molar refractivity (Wildman–Crippen MR) is 128 cm³/mol. The molecule has 1 aromatic heterocycles. The molecule has 3 heterocycles. The molecule has 0 bridgehead atoms. The third kappa shape index (κ3) is 2.46. The summed E-state index contributed by atoms with van der Waals surface area (Å²) < 4.78 is 0. The molecule has 0 atom stereocenters. The summed E-state index contributed by atoms with van der Waals surface area (Å²) in [4.78, 5) is 4.94. The lowest BCUT2D eigenvalue weighted by atomic mass is 9.93. The number of allylic oxidation sites excluding steroid dienone is 4. The number of aromatic nitrogens is 1. The van der Waals surface area contributed by atoms with E-state index in [1.807, 2.05) is 6.20 Å². The number of nitrogens with zero attached hydrogens (tertiary/aromatic N) is 1. The number of hydrogen-bond donors (Lipinski definition) is 0. The van der Waals surface area contributed by atoms with Crippen molar-refractivity contribution in [2.45, 2.75) is 26.2 Å². The van der Waals surface area contributed by atoms with E-state index in [2.05, 4.69) is 98.3 Å². The van der Waals surface area contributed by atoms with Gasteiger partial charge in [0, 0.05) is 17.1 Å². The molecule has 0 N–H and O–H groups in total. The van der Waals surface area contributed by atoms with Gasteiger partial charge < -0.3 is 0 Å². The number of rotatable bonds is 2. The minimum Gasteiger partial charge on any atom is -0.256 e. The fourth-order valence-electron chi connectivity index (χ4n) is 4.75. The molecule has 0 radical (unpaired) electrons. The molecule has 0 aliphatic carbocycles. The Morgan fingerprint density at radius 1 is 0.643 bits per heavy atom. The summed E-state index contributed by atoms with van der Waals surface area (Å²) in [6.45, 7) is 9.73. The normalized spacial score (nSPS) is 19.4. The second-order valence-corrected chi connectivity index (χ2v) is 17.6. The summed E-state index contributed by atoms with van der Waals surface area (Å²) in [5.74, 6) is 0. The Balaban J connectivity index is 1.96. The van der Waals surface area contributed by atoms with Gasteiger partial charge in [-0.1, -0.05) is 92.2 Å². The summed E-state index contributed by atoms with van der Waals surface area (Å²) in [6.07, 6.45) is 11.1. The van der Waals surface area contributed by atoms with E-state index in [1.54, 1.807) is 0 Å². The molecular formula is C25H25NSi2. The Labute approximate surface area is 168 Å². The molecule has 0 amide bonds. The van der Waals surface area contributed by atoms with Crippen molar-refractivity contribution in [1.82, 2.24) is 4.98 Å². The third-order valence-corrected chi connectivity index (χ3v) is 11.9. The average Bonchev–Trinajstić information content (AvgIpc) is 3.20. The first-order valence-corrected chi connectivity index (χ1v) is 16.2. The Morgan fingerprint density at radius 3 is 1.75 bits per heavy atom. The lowest BCUT2D eigenvalue weighted by molar-refractivity contribution is 1.41. The van der Waals surface area contributed by atoms with Crippen LogP contribution in [0.1, 0.15) is 11.1 Å². The smallest absolute Gasteiger partial charge is 0.105 e. The van der Waals surface area contributed by atoms with E-state index in [4.69, 9.17) is 4.98 Å². The molecule has 28 heavy (non-hydrogen) atoms. The highest BCUT2D eigenvalue weighted by Gasteiger charge is 2.33. The van der Waals surface area contributed by atoms with Crippen LogP contribution >= 0.6 is 0 Å². The van der Waals surface area contributed by atoms with Gasteiger partial charge in [0.25, 0.3) is 0 Å². The van der Waals surface area contributed by atoms with Crippen LogP contribution in [0.5, 0.6) is 0 Å². The van der Waals surface area contributed by atoms with Gasteiger partial charge in [0.15, 0.2) is 0 Å². The zero-order valence-corrected chi connectivity index (χ0v) is 19.0. The van der Waals surface area contributed by atoms with Crippen LogP contribution in [0, 0.1) is 0 Å². The van der Waals surface area contributed by atoms with Gasteiger partial charge >= 0.3 is 0 Å². The van der Waals surface area contributed by atoms with E-state index >= 15 is 0 Å². The average molecular weight is 396 g/mol. The van der Waals surface area contributed by atoms with Crippen molar-refractivity contribution in [3.63, 3.8) is 0 Å². The lowest BCUT2D eigenvalue weighted by Crippen LogP contribution is -2.24. The second-order valence-electron chi connectivity index (χ2n) is 9.02. The quantitative estimate of drug-likeness (QED) is 0.341. The van der Waals surface area contributed by atoms with Gasteiger partial charge in [0.2, 0.25) is 0 Å². The van der Waals surface area contributed by atoms with Crippen LogP contribution in [0.3, 0.4) is 0 Å². The Bertz CT molecular complexity index is 1100. The highest BCUT2D eigenvalue weighted by molar-refractivity contribution is 7.00. The van der Waals surface area contributed by atoms with E-state index < -0.39 is 16.1 Å². The van der Waals surface area contributed by atoms with Crippen molar-refractivity contribution in [2.75, 3.05) is 0 Å². The molecule has 0 saturated heterocycles. The number of pyridine rings is 1. The molecule has 138 valence electrons. The Morgan fingerprint density at radius 2 is 1.18 bits per heavy atom. The van der Waals surface area contributed by atoms with E-state index in [9.17, 15) is 0 Å². The monoisotopic (exact) mass is 395 g/mol. The standard InChI is InChI=1S/C25H25NSi2/c1-27(2)16-8-13-21(27)23-18-10-5-6-11-19(18)24(22-14-9-17-28(22,3)4)25-20(23)12-7-15-26-25/h5-17H,1-4H3. The maximum absolute atomic E-state index is 4.94. The van der Waals surface area contributed by atoms with Gasteiger partial charge in [-0.05, 0) is 32.8 Å². The molecule has 1 nitrogen and oxygen atoms in total. The molecule has 5 rings (SSSR count). The maximum atomic E-state index is 4.94. The van der Waals surface area contributed by atoms with Gasteiger partial charge in [-0.25, -0.2) is 0 Å². The van der Waals surface area contributed by atoms with Crippen molar-refractivity contribution in [1.29, 1.82) is 0 Å². The van der Waals surface area contributed by atoms with Crippen molar-refractivity contribution >= 4 is 48.2 Å². The van der Waals surface area contributed by atoms with Crippen LogP contribution in [0.2, 0.25) is 26.2 Å². The fourth-order valence-corrected chi connectivity index (χ4v) is 9.13. The summed E-state index contributed by atoms with van der Waals surface area (Å²) >= 11 is 0. The molecule has 0 fully saturated rings. The minimum absolute atomic E-state index is 1.16. The summed E-state index contributed by atoms with van der Waals surface area (Å²) in [7, 11) is -3.19. The summed E-state index contributed by atoms with van der Waals surface area (Å²) in [6, 6.07) is 13.3. The highest BCUT2D eigenvalue weighted by Crippen LogP contribution is 2.45. The molecule has 0 spiro atoms. The van der Waals surface area contributed by atoms with Crippen LogP contribution in [0.25, 0.3) is 32.1 Å². The van der Waals surface area contributed by atoms with Gasteiger partial charge in [-0.2, -0.15) is 0 Å². The number of benzene rings is 2. The summed E-state index contributed by atoms with van der Waals surface area (Å²) in [5.41, 5.74) is 8.77. The highest BCUT2D eigenvalue weighted by atomic mass is 28.3. The molecule has 0 saturated carbocycles. The van der Waals surface area contributed by atoms with Crippen LogP contribution in [-0.4, -0.2) is 21.1 Å². The molecule has 3 heteroatoms. The van der Waals surface area contributed by atoms with Crippen LogP contribution in [0.4, 0.5) is 0 Å². The zero-order valence-electron chi connectivity index (χ0n) is 17.0. The molecule has 3 aromatic rings. The molecule has 2 aliphatic rings. The van der Waals surface area contributed by atoms with Crippen molar-refractivity contribution < 1.29 is 0 Å². The van der Waals surface area contributed by atoms with Gasteiger partial charge in [0.05, 0.1) is 5.52 Å². The van der Waals surface area contributed by atoms with Gasteiger partial charge in [-0.15, -0.1) is 0 Å². The molecule has 2 aliphatic heterocycles. The SMILES string of the molecule is C[Si]1(C)C=CC=C1c1c2ccccc2c(C2=CC=C[Si]2(C)C)c2ncccc12. The van der Waals surface area contributed by atoms with Crippen LogP contribution < -0.4 is 0 Å². The predicted octanol–water partition coefficient (Wildman–Crippen LogP) is 6.87. The zero-order chi connectivity index (χ0) is 19.5. The van der Waals surface area contributed by atoms with Crippen molar-refractivity contribution in [3.05, 3.63) is 89.4 Å². The lowest BCUT2D eigenvalue weighted by Gasteiger charge is -2.26. The van der Waals surface area contributed by atoms with E-state index in [0.717, 1.165) is 5.52 Å². The minimum atomic E-state index is -1.60. The fraction of sp³-hybridized carbons (Fsp3) is 0.160. The first-order chi connectivity index (χ1) is 13.4. The summed E-state index contributed by atoms with van der Waals surface area (Å²) in [5, 5.41) is 7.02. The Kier molecular flexibility index (Phi) is 3.77. The second kappa shape index (κ2) is 6.00. The van der Waals surface area contributed by atoms with Crippen molar-refractivity contribution in [2.24, 2.45) is 0 Å². The topological polar surface area (TPSA) is 12.9 Å². The van der Waals surface area contributed by atoms with Gasteiger partial charge in [0.1, 0.15) is 16.1 Å². The van der Waals surface area contributed by atoms with Crippen LogP contribution in [-0.2, 0) is 0 Å². The van der Waals surface area contributed by atoms with E-state index in [-0.39, 0.29) is 0 Å². The maximum Gasteiger partial charge on any atom is 0.105 e. The van der Waals surface area contributed by atoms with Crippen molar-refractivity contribution in [3.8, 4) is 0 Å². The third-order valence-electron chi connectivity index (χ3n) is 6.26. The van der Waals surface area contributed by atoms with E-state index in [0.29, 0.717) is 0 Å². The number of hydrogen-bond acceptors (Lipinski definition) is 1. The van der Waals surface area contributed by atoms with E-state index in [1.165, 1.54) is 37.7 Å². The van der Waals surface area contributed by atoms with Crippen LogP contribution in [0.15, 0.2) is 78.3 Å².